The number of aliphatic carboxylic acids is 1. The fourth-order valence-corrected chi connectivity index (χ4v) is 1.21. The number of hydrogen-bond acceptors (Lipinski definition) is 4. The molecule has 0 aliphatic heterocycles. The van der Waals surface area contributed by atoms with Gasteiger partial charge in [-0.05, 0) is 7.05 Å². The van der Waals surface area contributed by atoms with Crippen LogP contribution in [-0.4, -0.2) is 38.9 Å². The van der Waals surface area contributed by atoms with Crippen LogP contribution in [0.25, 0.3) is 0 Å². The third kappa shape index (κ3) is 3.03. The van der Waals surface area contributed by atoms with Gasteiger partial charge in [0.2, 0.25) is 0 Å². The molecular weight excluding hydrogens is 208 g/mol. The second-order valence-corrected chi connectivity index (χ2v) is 4.72. The highest BCUT2D eigenvalue weighted by atomic mass is 16.4. The van der Waals surface area contributed by atoms with Gasteiger partial charge in [0, 0.05) is 5.41 Å². The summed E-state index contributed by atoms with van der Waals surface area (Å²) in [6.07, 6.45) is 1.56. The van der Waals surface area contributed by atoms with E-state index in [1.54, 1.807) is 18.1 Å². The number of aromatic nitrogens is 3. The van der Waals surface area contributed by atoms with Crippen LogP contribution < -0.4 is 5.32 Å². The van der Waals surface area contributed by atoms with E-state index in [1.807, 2.05) is 20.8 Å². The van der Waals surface area contributed by atoms with Crippen molar-refractivity contribution < 1.29 is 9.90 Å². The van der Waals surface area contributed by atoms with Crippen molar-refractivity contribution in [2.45, 2.75) is 38.8 Å². The highest BCUT2D eigenvalue weighted by Crippen LogP contribution is 2.16. The number of nitrogens with zero attached hydrogens (tertiary/aromatic N) is 3. The second-order valence-electron chi connectivity index (χ2n) is 4.72. The number of carboxylic acid groups (broad SMARTS) is 1. The zero-order chi connectivity index (χ0) is 12.3. The van der Waals surface area contributed by atoms with Gasteiger partial charge in [0.1, 0.15) is 12.4 Å². The standard InChI is InChI=1S/C10H18N4O2/c1-10(2,3)9-12-6-14(13-9)5-7(11-4)8(15)16/h6-7,11H,5H2,1-4H3,(H,15,16). The van der Waals surface area contributed by atoms with Gasteiger partial charge in [0.15, 0.2) is 5.82 Å². The molecule has 0 radical (unpaired) electrons. The predicted octanol–water partition coefficient (Wildman–Crippen LogP) is 0.248. The third-order valence-electron chi connectivity index (χ3n) is 2.22. The van der Waals surface area contributed by atoms with Crippen molar-refractivity contribution >= 4 is 5.97 Å². The number of likely N-dealkylation sites (N-methyl/N-ethyl adjacent to an activating group) is 1. The molecule has 6 heteroatoms. The van der Waals surface area contributed by atoms with Crippen molar-refractivity contribution in [2.75, 3.05) is 7.05 Å². The van der Waals surface area contributed by atoms with E-state index >= 15 is 0 Å². The fraction of sp³-hybridized carbons (Fsp3) is 0.700. The fourth-order valence-electron chi connectivity index (χ4n) is 1.21. The lowest BCUT2D eigenvalue weighted by atomic mass is 9.96. The van der Waals surface area contributed by atoms with E-state index in [1.165, 1.54) is 0 Å². The van der Waals surface area contributed by atoms with Crippen molar-refractivity contribution in [3.63, 3.8) is 0 Å². The zero-order valence-corrected chi connectivity index (χ0v) is 10.1. The number of carboxylic acids is 1. The molecular formula is C10H18N4O2. The Labute approximate surface area is 94.7 Å². The molecule has 0 saturated carbocycles. The summed E-state index contributed by atoms with van der Waals surface area (Å²) in [4.78, 5) is 15.0. The molecule has 0 bridgehead atoms. The van der Waals surface area contributed by atoms with Crippen LogP contribution in [0.5, 0.6) is 0 Å². The van der Waals surface area contributed by atoms with Crippen LogP contribution in [0.1, 0.15) is 26.6 Å². The van der Waals surface area contributed by atoms with Gasteiger partial charge in [0.05, 0.1) is 6.54 Å². The quantitative estimate of drug-likeness (QED) is 0.769. The van der Waals surface area contributed by atoms with E-state index in [2.05, 4.69) is 15.4 Å². The molecule has 1 aromatic heterocycles. The van der Waals surface area contributed by atoms with Crippen LogP contribution in [0.15, 0.2) is 6.33 Å². The van der Waals surface area contributed by atoms with Crippen molar-refractivity contribution in [3.8, 4) is 0 Å². The number of nitrogens with one attached hydrogen (secondary N) is 1. The van der Waals surface area contributed by atoms with Gasteiger partial charge >= 0.3 is 5.97 Å². The summed E-state index contributed by atoms with van der Waals surface area (Å²) in [6, 6.07) is -0.644. The van der Waals surface area contributed by atoms with Crippen molar-refractivity contribution in [2.24, 2.45) is 0 Å². The molecule has 2 N–H and O–H groups in total. The Bertz CT molecular complexity index is 367. The van der Waals surface area contributed by atoms with Gasteiger partial charge in [0.25, 0.3) is 0 Å². The number of rotatable bonds is 4. The molecule has 1 unspecified atom stereocenters. The molecule has 1 atom stereocenters. The van der Waals surface area contributed by atoms with E-state index < -0.39 is 12.0 Å². The average Bonchev–Trinajstić information content (AvgIpc) is 2.61. The minimum atomic E-state index is -0.893. The van der Waals surface area contributed by atoms with Gasteiger partial charge in [-0.3, -0.25) is 9.48 Å². The van der Waals surface area contributed by atoms with E-state index in [0.717, 1.165) is 0 Å². The molecule has 16 heavy (non-hydrogen) atoms. The molecule has 6 nitrogen and oxygen atoms in total. The first-order valence-electron chi connectivity index (χ1n) is 5.14. The lowest BCUT2D eigenvalue weighted by Gasteiger charge is -2.13. The molecule has 0 fully saturated rings. The molecule has 1 aromatic rings. The number of hydrogen-bond donors (Lipinski definition) is 2. The van der Waals surface area contributed by atoms with Gasteiger partial charge in [-0.1, -0.05) is 20.8 Å². The largest absolute Gasteiger partial charge is 0.480 e. The predicted molar refractivity (Wildman–Crippen MR) is 59.2 cm³/mol. The van der Waals surface area contributed by atoms with Crippen LogP contribution in [0, 0.1) is 0 Å². The summed E-state index contributed by atoms with van der Waals surface area (Å²) in [6.45, 7) is 6.31. The SMILES string of the molecule is CNC(Cn1cnc(C(C)(C)C)n1)C(=O)O. The maximum Gasteiger partial charge on any atom is 0.322 e. The van der Waals surface area contributed by atoms with E-state index in [9.17, 15) is 4.79 Å². The molecule has 0 aromatic carbocycles. The summed E-state index contributed by atoms with van der Waals surface area (Å²) in [5.74, 6) is -0.178. The zero-order valence-electron chi connectivity index (χ0n) is 10.1. The third-order valence-corrected chi connectivity index (χ3v) is 2.22. The first-order valence-corrected chi connectivity index (χ1v) is 5.14. The Balaban J connectivity index is 2.76. The van der Waals surface area contributed by atoms with Gasteiger partial charge in [-0.2, -0.15) is 5.10 Å². The summed E-state index contributed by atoms with van der Waals surface area (Å²) in [5.41, 5.74) is -0.121. The molecule has 0 aliphatic carbocycles. The Morgan fingerprint density at radius 1 is 1.62 bits per heavy atom. The van der Waals surface area contributed by atoms with Crippen molar-refractivity contribution in [1.82, 2.24) is 20.1 Å². The molecule has 90 valence electrons. The molecule has 0 aliphatic rings. The molecule has 1 heterocycles. The maximum atomic E-state index is 10.8. The summed E-state index contributed by atoms with van der Waals surface area (Å²) in [5, 5.41) is 15.8. The van der Waals surface area contributed by atoms with Crippen LogP contribution in [-0.2, 0) is 16.8 Å². The van der Waals surface area contributed by atoms with E-state index in [-0.39, 0.29) is 12.0 Å². The monoisotopic (exact) mass is 226 g/mol. The van der Waals surface area contributed by atoms with Crippen LogP contribution in [0.2, 0.25) is 0 Å². The first-order chi connectivity index (χ1) is 7.34. The Kier molecular flexibility index (Phi) is 3.64. The van der Waals surface area contributed by atoms with Crippen molar-refractivity contribution in [1.29, 1.82) is 0 Å². The molecule has 0 saturated heterocycles. The van der Waals surface area contributed by atoms with E-state index in [4.69, 9.17) is 5.11 Å². The smallest absolute Gasteiger partial charge is 0.322 e. The minimum Gasteiger partial charge on any atom is -0.480 e. The van der Waals surface area contributed by atoms with Crippen LogP contribution >= 0.6 is 0 Å². The Hall–Kier alpha value is -1.43. The van der Waals surface area contributed by atoms with Gasteiger partial charge in [-0.25, -0.2) is 4.98 Å². The lowest BCUT2D eigenvalue weighted by molar-refractivity contribution is -0.139. The number of carbonyl (C=O) groups is 1. The van der Waals surface area contributed by atoms with E-state index in [0.29, 0.717) is 5.82 Å². The Morgan fingerprint density at radius 2 is 2.25 bits per heavy atom. The van der Waals surface area contributed by atoms with Gasteiger partial charge < -0.3 is 10.4 Å². The highest BCUT2D eigenvalue weighted by Gasteiger charge is 2.21. The normalized spacial score (nSPS) is 13.8. The first kappa shape index (κ1) is 12.6. The maximum absolute atomic E-state index is 10.8. The minimum absolute atomic E-state index is 0.121. The lowest BCUT2D eigenvalue weighted by Crippen LogP contribution is -2.38. The molecule has 1 rings (SSSR count). The molecule has 0 amide bonds. The van der Waals surface area contributed by atoms with Crippen LogP contribution in [0.4, 0.5) is 0 Å². The summed E-state index contributed by atoms with van der Waals surface area (Å²) in [7, 11) is 1.61. The second kappa shape index (κ2) is 4.61. The Morgan fingerprint density at radius 3 is 2.62 bits per heavy atom. The topological polar surface area (TPSA) is 80.0 Å². The van der Waals surface area contributed by atoms with Crippen LogP contribution in [0.3, 0.4) is 0 Å². The molecule has 0 spiro atoms. The highest BCUT2D eigenvalue weighted by molar-refractivity contribution is 5.73. The van der Waals surface area contributed by atoms with Crippen molar-refractivity contribution in [3.05, 3.63) is 12.2 Å². The summed E-state index contributed by atoms with van der Waals surface area (Å²) >= 11 is 0. The summed E-state index contributed by atoms with van der Waals surface area (Å²) < 4.78 is 1.55. The van der Waals surface area contributed by atoms with Gasteiger partial charge in [-0.15, -0.1) is 0 Å². The average molecular weight is 226 g/mol.